The number of esters is 1. The van der Waals surface area contributed by atoms with Crippen LogP contribution in [0.1, 0.15) is 29.7 Å². The van der Waals surface area contributed by atoms with Crippen LogP contribution in [0.5, 0.6) is 0 Å². The molecule has 5 nitrogen and oxygen atoms in total. The van der Waals surface area contributed by atoms with Crippen molar-refractivity contribution in [2.45, 2.75) is 19.6 Å². The van der Waals surface area contributed by atoms with E-state index >= 15 is 0 Å². The molecule has 5 rings (SSSR count). The number of carbonyl (C=O) groups excluding carboxylic acids is 1. The molecule has 7 heteroatoms. The van der Waals surface area contributed by atoms with Gasteiger partial charge in [-0.25, -0.2) is 14.2 Å². The summed E-state index contributed by atoms with van der Waals surface area (Å²) in [4.78, 5) is 31.9. The first kappa shape index (κ1) is 22.7. The van der Waals surface area contributed by atoms with Gasteiger partial charge in [-0.05, 0) is 41.8 Å². The van der Waals surface area contributed by atoms with Crippen molar-refractivity contribution in [2.75, 3.05) is 0 Å². The first-order valence-electron chi connectivity index (χ1n) is 11.1. The highest BCUT2D eigenvalue weighted by molar-refractivity contribution is 7.07. The summed E-state index contributed by atoms with van der Waals surface area (Å²) in [6.07, 6.45) is 1.80. The van der Waals surface area contributed by atoms with Crippen LogP contribution in [0.25, 0.3) is 6.08 Å². The molecule has 3 aromatic carbocycles. The van der Waals surface area contributed by atoms with E-state index in [0.717, 1.165) is 11.1 Å². The molecule has 1 aromatic heterocycles. The maximum absolute atomic E-state index is 13.7. The lowest BCUT2D eigenvalue weighted by Crippen LogP contribution is -2.39. The summed E-state index contributed by atoms with van der Waals surface area (Å²) < 4.78 is 21.3. The van der Waals surface area contributed by atoms with Crippen molar-refractivity contribution in [1.29, 1.82) is 0 Å². The minimum atomic E-state index is -0.784. The molecule has 1 atom stereocenters. The third kappa shape index (κ3) is 4.63. The summed E-state index contributed by atoms with van der Waals surface area (Å²) in [5.41, 5.74) is 2.77. The average molecular weight is 485 g/mol. The Morgan fingerprint density at radius 2 is 1.69 bits per heavy atom. The van der Waals surface area contributed by atoms with Crippen molar-refractivity contribution in [3.05, 3.63) is 138 Å². The third-order valence-corrected chi connectivity index (χ3v) is 6.72. The van der Waals surface area contributed by atoms with Crippen molar-refractivity contribution in [3.8, 4) is 0 Å². The molecule has 0 aliphatic carbocycles. The van der Waals surface area contributed by atoms with Gasteiger partial charge in [-0.15, -0.1) is 0 Å². The highest BCUT2D eigenvalue weighted by Crippen LogP contribution is 2.31. The predicted molar refractivity (Wildman–Crippen MR) is 133 cm³/mol. The standard InChI is InChI=1S/C28H21FN2O3S/c1-18-24(27(33)34-17-20-10-6-3-7-11-20)25(21-12-14-22(29)15-13-21)31-26(32)23(35-28(31)30-18)16-19-8-4-2-5-9-19/h2-16,25H,17H2,1H3. The fourth-order valence-corrected chi connectivity index (χ4v) is 5.09. The molecule has 2 heterocycles. The van der Waals surface area contributed by atoms with Crippen LogP contribution in [-0.4, -0.2) is 10.5 Å². The van der Waals surface area contributed by atoms with E-state index in [0.29, 0.717) is 20.6 Å². The molecule has 0 amide bonds. The Hall–Kier alpha value is -4.10. The van der Waals surface area contributed by atoms with E-state index < -0.39 is 17.8 Å². The van der Waals surface area contributed by atoms with Crippen LogP contribution in [0.3, 0.4) is 0 Å². The zero-order valence-electron chi connectivity index (χ0n) is 18.9. The highest BCUT2D eigenvalue weighted by Gasteiger charge is 2.33. The fraction of sp³-hybridized carbons (Fsp3) is 0.107. The van der Waals surface area contributed by atoms with Crippen molar-refractivity contribution < 1.29 is 13.9 Å². The van der Waals surface area contributed by atoms with Gasteiger partial charge in [0, 0.05) is 0 Å². The quantitative estimate of drug-likeness (QED) is 0.401. The molecule has 0 bridgehead atoms. The molecule has 174 valence electrons. The van der Waals surface area contributed by atoms with E-state index in [-0.39, 0.29) is 17.7 Å². The second-order valence-electron chi connectivity index (χ2n) is 8.11. The Bertz CT molecular complexity index is 1590. The topological polar surface area (TPSA) is 60.7 Å². The Morgan fingerprint density at radius 1 is 1.03 bits per heavy atom. The van der Waals surface area contributed by atoms with E-state index in [9.17, 15) is 14.0 Å². The van der Waals surface area contributed by atoms with Crippen molar-refractivity contribution in [2.24, 2.45) is 4.99 Å². The normalized spacial score (nSPS) is 15.5. The Morgan fingerprint density at radius 3 is 2.37 bits per heavy atom. The fourth-order valence-electron chi connectivity index (χ4n) is 4.04. The summed E-state index contributed by atoms with van der Waals surface area (Å²) >= 11 is 1.25. The van der Waals surface area contributed by atoms with Crippen LogP contribution in [0.4, 0.5) is 4.39 Å². The van der Waals surface area contributed by atoms with Gasteiger partial charge in [-0.2, -0.15) is 0 Å². The van der Waals surface area contributed by atoms with Crippen LogP contribution in [0.15, 0.2) is 106 Å². The predicted octanol–water partition coefficient (Wildman–Crippen LogP) is 4.12. The van der Waals surface area contributed by atoms with Crippen LogP contribution in [0, 0.1) is 5.82 Å². The van der Waals surface area contributed by atoms with Gasteiger partial charge in [0.05, 0.1) is 21.8 Å². The molecule has 0 radical (unpaired) electrons. The molecule has 1 aliphatic heterocycles. The number of carbonyl (C=O) groups is 1. The second kappa shape index (κ2) is 9.64. The molecule has 4 aromatic rings. The minimum Gasteiger partial charge on any atom is -0.457 e. The number of allylic oxidation sites excluding steroid dienone is 1. The van der Waals surface area contributed by atoms with Crippen LogP contribution >= 0.6 is 11.3 Å². The molecule has 0 fully saturated rings. The summed E-state index contributed by atoms with van der Waals surface area (Å²) in [6, 6.07) is 23.9. The zero-order chi connectivity index (χ0) is 24.4. The Balaban J connectivity index is 1.61. The van der Waals surface area contributed by atoms with Crippen molar-refractivity contribution in [1.82, 2.24) is 4.57 Å². The monoisotopic (exact) mass is 484 g/mol. The van der Waals surface area contributed by atoms with Gasteiger partial charge in [-0.3, -0.25) is 9.36 Å². The van der Waals surface area contributed by atoms with Crippen LogP contribution in [0.2, 0.25) is 0 Å². The lowest BCUT2D eigenvalue weighted by Gasteiger charge is -2.24. The first-order valence-corrected chi connectivity index (χ1v) is 11.9. The molecule has 0 spiro atoms. The summed E-state index contributed by atoms with van der Waals surface area (Å²) in [6.45, 7) is 1.81. The number of benzene rings is 3. The number of hydrogen-bond acceptors (Lipinski definition) is 5. The molecule has 0 saturated heterocycles. The molecular weight excluding hydrogens is 463 g/mol. The van der Waals surface area contributed by atoms with Gasteiger partial charge in [0.15, 0.2) is 4.80 Å². The third-order valence-electron chi connectivity index (χ3n) is 5.74. The summed E-state index contributed by atoms with van der Waals surface area (Å²) in [5.74, 6) is -0.971. The average Bonchev–Trinajstić information content (AvgIpc) is 3.17. The number of rotatable bonds is 5. The van der Waals surface area contributed by atoms with Gasteiger partial charge in [-0.1, -0.05) is 84.1 Å². The van der Waals surface area contributed by atoms with E-state index in [1.807, 2.05) is 60.7 Å². The molecule has 1 aliphatic rings. The molecule has 1 unspecified atom stereocenters. The number of nitrogens with zero attached hydrogens (tertiary/aromatic N) is 2. The second-order valence-corrected chi connectivity index (χ2v) is 9.11. The number of ether oxygens (including phenoxy) is 1. The number of aromatic nitrogens is 1. The molecule has 0 N–H and O–H groups in total. The maximum atomic E-state index is 13.7. The number of fused-ring (bicyclic) bond motifs is 1. The van der Waals surface area contributed by atoms with Crippen molar-refractivity contribution >= 4 is 23.4 Å². The van der Waals surface area contributed by atoms with E-state index in [1.165, 1.54) is 28.0 Å². The van der Waals surface area contributed by atoms with E-state index in [4.69, 9.17) is 4.74 Å². The SMILES string of the molecule is CC1=C(C(=O)OCc2ccccc2)C(c2ccc(F)cc2)n2c(sc(=Cc3ccccc3)c2=O)=N1. The van der Waals surface area contributed by atoms with Crippen LogP contribution < -0.4 is 14.9 Å². The van der Waals surface area contributed by atoms with Gasteiger partial charge < -0.3 is 4.74 Å². The zero-order valence-corrected chi connectivity index (χ0v) is 19.7. The Labute approximate surface area is 204 Å². The molecular formula is C28H21FN2O3S. The van der Waals surface area contributed by atoms with Gasteiger partial charge in [0.1, 0.15) is 12.4 Å². The summed E-state index contributed by atoms with van der Waals surface area (Å²) in [7, 11) is 0. The number of thiazole rings is 1. The van der Waals surface area contributed by atoms with Gasteiger partial charge in [0.2, 0.25) is 0 Å². The smallest absolute Gasteiger partial charge is 0.338 e. The highest BCUT2D eigenvalue weighted by atomic mass is 32.1. The maximum Gasteiger partial charge on any atom is 0.338 e. The van der Waals surface area contributed by atoms with Crippen molar-refractivity contribution in [3.63, 3.8) is 0 Å². The molecule has 35 heavy (non-hydrogen) atoms. The molecule has 0 saturated carbocycles. The van der Waals surface area contributed by atoms with Crippen LogP contribution in [-0.2, 0) is 16.1 Å². The minimum absolute atomic E-state index is 0.0883. The largest absolute Gasteiger partial charge is 0.457 e. The van der Waals surface area contributed by atoms with Gasteiger partial charge in [0.25, 0.3) is 5.56 Å². The lowest BCUT2D eigenvalue weighted by molar-refractivity contribution is -0.140. The van der Waals surface area contributed by atoms with E-state index in [1.54, 1.807) is 25.1 Å². The summed E-state index contributed by atoms with van der Waals surface area (Å²) in [5, 5.41) is 0. The Kier molecular flexibility index (Phi) is 6.25. The first-order chi connectivity index (χ1) is 17.0. The van der Waals surface area contributed by atoms with E-state index in [2.05, 4.69) is 4.99 Å². The lowest BCUT2D eigenvalue weighted by atomic mass is 9.96. The number of halogens is 1. The van der Waals surface area contributed by atoms with Gasteiger partial charge >= 0.3 is 5.97 Å². The number of hydrogen-bond donors (Lipinski definition) is 0.